The molecule has 0 spiro atoms. The molecule has 0 aromatic heterocycles. The van der Waals surface area contributed by atoms with Crippen molar-refractivity contribution in [3.63, 3.8) is 0 Å². The minimum atomic E-state index is -4.07. The number of sulfonamides is 2. The fraction of sp³-hybridized carbons (Fsp3) is 0.174. The molecule has 1 aliphatic rings. The minimum Gasteiger partial charge on any atom is -0.284 e. The number of hydrazone groups is 1. The van der Waals surface area contributed by atoms with Crippen LogP contribution in [0.2, 0.25) is 0 Å². The number of benzene rings is 3. The van der Waals surface area contributed by atoms with E-state index in [9.17, 15) is 26.9 Å². The second kappa shape index (κ2) is 9.12. The summed E-state index contributed by atoms with van der Waals surface area (Å²) in [6.07, 6.45) is 1.21. The number of aryl methyl sites for hydroxylation is 1. The third-order valence-electron chi connectivity index (χ3n) is 5.42. The maximum atomic E-state index is 13.5. The number of nitrogens with zero attached hydrogens (tertiary/aromatic N) is 3. The molecule has 182 valence electrons. The van der Waals surface area contributed by atoms with Crippen LogP contribution in [0.15, 0.2) is 82.8 Å². The van der Waals surface area contributed by atoms with Gasteiger partial charge in [0.25, 0.3) is 15.7 Å². The smallest absolute Gasteiger partial charge is 0.279 e. The van der Waals surface area contributed by atoms with Gasteiger partial charge in [0.05, 0.1) is 27.8 Å². The lowest BCUT2D eigenvalue weighted by molar-refractivity contribution is -0.384. The maximum absolute atomic E-state index is 13.5. The van der Waals surface area contributed by atoms with Crippen molar-refractivity contribution in [3.8, 4) is 0 Å². The lowest BCUT2D eigenvalue weighted by Crippen LogP contribution is -2.27. The Morgan fingerprint density at radius 3 is 2.26 bits per heavy atom. The van der Waals surface area contributed by atoms with Gasteiger partial charge in [-0.3, -0.25) is 14.8 Å². The number of nitro groups is 1. The fourth-order valence-corrected chi connectivity index (χ4v) is 5.74. The van der Waals surface area contributed by atoms with Crippen molar-refractivity contribution < 1.29 is 21.8 Å². The molecule has 1 heterocycles. The second-order valence-corrected chi connectivity index (χ2v) is 11.7. The van der Waals surface area contributed by atoms with Crippen LogP contribution in [0.4, 0.5) is 11.4 Å². The summed E-state index contributed by atoms with van der Waals surface area (Å²) in [4.78, 5) is 10.8. The van der Waals surface area contributed by atoms with E-state index in [0.29, 0.717) is 22.5 Å². The molecule has 0 amide bonds. The molecule has 0 aliphatic carbocycles. The molecule has 10 nitrogen and oxygen atoms in total. The molecule has 3 aromatic rings. The van der Waals surface area contributed by atoms with E-state index in [1.54, 1.807) is 42.5 Å². The van der Waals surface area contributed by atoms with Crippen molar-refractivity contribution in [1.29, 1.82) is 0 Å². The van der Waals surface area contributed by atoms with Gasteiger partial charge in [0, 0.05) is 24.2 Å². The highest BCUT2D eigenvalue weighted by Crippen LogP contribution is 2.38. The van der Waals surface area contributed by atoms with Gasteiger partial charge in [0.15, 0.2) is 0 Å². The molecule has 0 radical (unpaired) electrons. The fourth-order valence-electron chi connectivity index (χ4n) is 3.74. The molecular weight excluding hydrogens is 492 g/mol. The van der Waals surface area contributed by atoms with Gasteiger partial charge in [-0.1, -0.05) is 42.0 Å². The highest BCUT2D eigenvalue weighted by Gasteiger charge is 2.38. The molecule has 3 aromatic carbocycles. The number of non-ortho nitro benzene ring substituents is 1. The topological polar surface area (TPSA) is 139 Å². The first-order chi connectivity index (χ1) is 16.4. The lowest BCUT2D eigenvalue weighted by atomic mass is 9.99. The molecule has 1 unspecified atom stereocenters. The SMILES string of the molecule is Cc1ccc(S(=O)(=O)N2N=C(c3ccc(NS(C)(=O)=O)cc3)CC2c2cccc([N+](=O)[O-])c2)cc1. The molecule has 12 heteroatoms. The van der Waals surface area contributed by atoms with Crippen molar-refractivity contribution >= 4 is 37.1 Å². The van der Waals surface area contributed by atoms with Crippen LogP contribution >= 0.6 is 0 Å². The summed E-state index contributed by atoms with van der Waals surface area (Å²) in [5.74, 6) is 0. The lowest BCUT2D eigenvalue weighted by Gasteiger charge is -2.23. The molecule has 0 bridgehead atoms. The molecule has 35 heavy (non-hydrogen) atoms. The molecule has 1 N–H and O–H groups in total. The largest absolute Gasteiger partial charge is 0.284 e. The van der Waals surface area contributed by atoms with E-state index in [1.807, 2.05) is 6.92 Å². The first-order valence-electron chi connectivity index (χ1n) is 10.5. The van der Waals surface area contributed by atoms with Gasteiger partial charge < -0.3 is 0 Å². The zero-order valence-electron chi connectivity index (χ0n) is 18.8. The summed E-state index contributed by atoms with van der Waals surface area (Å²) in [6.45, 7) is 1.84. The Labute approximate surface area is 203 Å². The number of hydrogen-bond acceptors (Lipinski definition) is 7. The third kappa shape index (κ3) is 5.33. The molecule has 0 saturated heterocycles. The minimum absolute atomic E-state index is 0.0521. The van der Waals surface area contributed by atoms with Crippen molar-refractivity contribution in [2.45, 2.75) is 24.3 Å². The quantitative estimate of drug-likeness (QED) is 0.376. The van der Waals surface area contributed by atoms with E-state index in [0.717, 1.165) is 16.2 Å². The van der Waals surface area contributed by atoms with Crippen molar-refractivity contribution in [2.75, 3.05) is 11.0 Å². The van der Waals surface area contributed by atoms with Crippen LogP contribution in [0.25, 0.3) is 0 Å². The van der Waals surface area contributed by atoms with Crippen LogP contribution < -0.4 is 4.72 Å². The molecule has 1 atom stereocenters. The van der Waals surface area contributed by atoms with E-state index >= 15 is 0 Å². The normalized spacial score (nSPS) is 16.1. The highest BCUT2D eigenvalue weighted by atomic mass is 32.2. The van der Waals surface area contributed by atoms with Gasteiger partial charge in [0.2, 0.25) is 10.0 Å². The number of hydrogen-bond donors (Lipinski definition) is 1. The second-order valence-electron chi connectivity index (χ2n) is 8.16. The predicted octanol–water partition coefficient (Wildman–Crippen LogP) is 3.81. The zero-order valence-corrected chi connectivity index (χ0v) is 20.5. The highest BCUT2D eigenvalue weighted by molar-refractivity contribution is 7.92. The van der Waals surface area contributed by atoms with Crippen LogP contribution in [-0.4, -0.2) is 38.1 Å². The van der Waals surface area contributed by atoms with Gasteiger partial charge in [-0.15, -0.1) is 0 Å². The Kier molecular flexibility index (Phi) is 6.34. The van der Waals surface area contributed by atoms with Gasteiger partial charge >= 0.3 is 0 Å². The van der Waals surface area contributed by atoms with E-state index < -0.39 is 31.0 Å². The summed E-state index contributed by atoms with van der Waals surface area (Å²) in [5, 5.41) is 15.7. The van der Waals surface area contributed by atoms with E-state index in [2.05, 4.69) is 9.82 Å². The maximum Gasteiger partial charge on any atom is 0.279 e. The monoisotopic (exact) mass is 514 g/mol. The summed E-state index contributed by atoms with van der Waals surface area (Å²) >= 11 is 0. The van der Waals surface area contributed by atoms with Crippen molar-refractivity contribution in [2.24, 2.45) is 5.10 Å². The van der Waals surface area contributed by atoms with Gasteiger partial charge in [-0.25, -0.2) is 8.42 Å². The predicted molar refractivity (Wildman–Crippen MR) is 132 cm³/mol. The molecule has 1 aliphatic heterocycles. The summed E-state index contributed by atoms with van der Waals surface area (Å²) in [6, 6.07) is 17.8. The Morgan fingerprint density at radius 1 is 1.00 bits per heavy atom. The Bertz CT molecular complexity index is 1520. The Morgan fingerprint density at radius 2 is 1.66 bits per heavy atom. The number of rotatable bonds is 7. The van der Waals surface area contributed by atoms with Crippen molar-refractivity contribution in [1.82, 2.24) is 4.41 Å². The third-order valence-corrected chi connectivity index (χ3v) is 7.73. The van der Waals surface area contributed by atoms with E-state index in [-0.39, 0.29) is 17.0 Å². The van der Waals surface area contributed by atoms with Crippen LogP contribution in [0, 0.1) is 17.0 Å². The van der Waals surface area contributed by atoms with Crippen LogP contribution in [0.5, 0.6) is 0 Å². The molecule has 0 saturated carbocycles. The average Bonchev–Trinajstić information content (AvgIpc) is 3.25. The Balaban J connectivity index is 1.76. The zero-order chi connectivity index (χ0) is 25.4. The first-order valence-corrected chi connectivity index (χ1v) is 13.8. The average molecular weight is 515 g/mol. The summed E-state index contributed by atoms with van der Waals surface area (Å²) in [7, 11) is -7.52. The first kappa shape index (κ1) is 24.4. The molecular formula is C23H22N4O6S2. The number of nitro benzene ring substituents is 1. The van der Waals surface area contributed by atoms with Gasteiger partial charge in [-0.2, -0.15) is 17.9 Å². The molecule has 0 fully saturated rings. The van der Waals surface area contributed by atoms with Crippen LogP contribution in [0.1, 0.15) is 29.2 Å². The summed E-state index contributed by atoms with van der Waals surface area (Å²) < 4.78 is 53.4. The van der Waals surface area contributed by atoms with Crippen LogP contribution in [0.3, 0.4) is 0 Å². The summed E-state index contributed by atoms with van der Waals surface area (Å²) in [5.41, 5.74) is 2.58. The number of anilines is 1. The standard InChI is InChI=1S/C23H22N4O6S2/c1-16-6-12-21(13-7-16)35(32,33)26-23(18-4-3-5-20(14-18)27(28)29)15-22(24-26)17-8-10-19(11-9-17)25-34(2,30)31/h3-14,23,25H,15H2,1-2H3. The molecule has 4 rings (SSSR count). The number of nitrogens with one attached hydrogen (secondary N) is 1. The van der Waals surface area contributed by atoms with E-state index in [4.69, 9.17) is 0 Å². The van der Waals surface area contributed by atoms with Gasteiger partial charge in [0.1, 0.15) is 0 Å². The van der Waals surface area contributed by atoms with Crippen molar-refractivity contribution in [3.05, 3.63) is 99.6 Å². The van der Waals surface area contributed by atoms with E-state index in [1.165, 1.54) is 30.3 Å². The Hall–Kier alpha value is -3.77. The van der Waals surface area contributed by atoms with Gasteiger partial charge in [-0.05, 0) is 42.3 Å². The van der Waals surface area contributed by atoms with Crippen LogP contribution in [-0.2, 0) is 20.0 Å².